The van der Waals surface area contributed by atoms with Crippen LogP contribution in [0.1, 0.15) is 68.2 Å². The van der Waals surface area contributed by atoms with Crippen LogP contribution in [0.15, 0.2) is 43.0 Å². The first-order chi connectivity index (χ1) is 15.7. The normalized spacial score (nSPS) is 12.4. The maximum atomic E-state index is 13.2. The second kappa shape index (κ2) is 10.5. The van der Waals surface area contributed by atoms with Gasteiger partial charge >= 0.3 is 5.97 Å². The van der Waals surface area contributed by atoms with Crippen LogP contribution < -0.4 is 10.2 Å². The minimum absolute atomic E-state index is 0.110. The van der Waals surface area contributed by atoms with E-state index in [0.29, 0.717) is 12.5 Å². The summed E-state index contributed by atoms with van der Waals surface area (Å²) in [5.74, 6) is -0.462. The Labute approximate surface area is 201 Å². The molecule has 2 aromatic heterocycles. The number of H-pyrrole nitrogens is 1. The molecule has 0 aromatic carbocycles. The number of allylic oxidation sites excluding steroid dienone is 5. The number of hydrogen-bond donors (Lipinski definition) is 2. The molecule has 0 aliphatic rings. The molecule has 9 heteroatoms. The van der Waals surface area contributed by atoms with Gasteiger partial charge in [-0.1, -0.05) is 57.7 Å². The molecule has 0 radical (unpaired) electrons. The van der Waals surface area contributed by atoms with Crippen molar-refractivity contribution in [2.75, 3.05) is 24.3 Å². The van der Waals surface area contributed by atoms with Crippen LogP contribution >= 0.6 is 0 Å². The molecule has 34 heavy (non-hydrogen) atoms. The molecular formula is C25H36N6O3. The van der Waals surface area contributed by atoms with Crippen molar-refractivity contribution in [2.24, 2.45) is 0 Å². The number of carbonyl (C=O) groups is 2. The molecule has 0 aliphatic carbocycles. The zero-order chi connectivity index (χ0) is 25.7. The Hall–Kier alpha value is -3.62. The fraction of sp³-hybridized carbons (Fsp3) is 0.440. The SMILES string of the molecule is C=C/C=C\C=C/Cn1c(N(C)C)nc(NC(=O)c2cc(C(C)(C)C)[nH]n2)c1C(=O)OC(C)(C)C. The van der Waals surface area contributed by atoms with Crippen LogP contribution in [0.25, 0.3) is 0 Å². The van der Waals surface area contributed by atoms with Crippen LogP contribution in [0.5, 0.6) is 0 Å². The van der Waals surface area contributed by atoms with Gasteiger partial charge in [0.1, 0.15) is 5.60 Å². The Kier molecular flexibility index (Phi) is 8.26. The van der Waals surface area contributed by atoms with Gasteiger partial charge in [-0.05, 0) is 26.8 Å². The first-order valence-corrected chi connectivity index (χ1v) is 11.1. The van der Waals surface area contributed by atoms with Crippen molar-refractivity contribution in [3.63, 3.8) is 0 Å². The monoisotopic (exact) mass is 468 g/mol. The van der Waals surface area contributed by atoms with E-state index < -0.39 is 17.5 Å². The van der Waals surface area contributed by atoms with Gasteiger partial charge in [0.2, 0.25) is 5.95 Å². The Morgan fingerprint density at radius 2 is 1.85 bits per heavy atom. The van der Waals surface area contributed by atoms with Crippen LogP contribution in [0.2, 0.25) is 0 Å². The summed E-state index contributed by atoms with van der Waals surface area (Å²) in [6.45, 7) is 15.4. The Morgan fingerprint density at radius 1 is 1.18 bits per heavy atom. The molecule has 2 heterocycles. The molecule has 9 nitrogen and oxygen atoms in total. The van der Waals surface area contributed by atoms with Crippen molar-refractivity contribution in [1.82, 2.24) is 19.7 Å². The van der Waals surface area contributed by atoms with Gasteiger partial charge in [0, 0.05) is 31.7 Å². The maximum absolute atomic E-state index is 13.2. The van der Waals surface area contributed by atoms with E-state index >= 15 is 0 Å². The quantitative estimate of drug-likeness (QED) is 0.437. The number of hydrogen-bond acceptors (Lipinski definition) is 6. The number of aromatic nitrogens is 4. The summed E-state index contributed by atoms with van der Waals surface area (Å²) < 4.78 is 7.34. The van der Waals surface area contributed by atoms with Gasteiger partial charge in [-0.2, -0.15) is 10.1 Å². The average molecular weight is 469 g/mol. The van der Waals surface area contributed by atoms with Crippen LogP contribution in [0.3, 0.4) is 0 Å². The van der Waals surface area contributed by atoms with E-state index in [1.54, 1.807) is 48.5 Å². The molecular weight excluding hydrogens is 432 g/mol. The Morgan fingerprint density at radius 3 is 2.38 bits per heavy atom. The summed E-state index contributed by atoms with van der Waals surface area (Å²) in [6, 6.07) is 1.70. The summed E-state index contributed by atoms with van der Waals surface area (Å²) in [5, 5.41) is 9.78. The molecule has 1 amide bonds. The van der Waals surface area contributed by atoms with E-state index in [9.17, 15) is 9.59 Å². The lowest BCUT2D eigenvalue weighted by Gasteiger charge is -2.21. The number of anilines is 2. The van der Waals surface area contributed by atoms with Gasteiger partial charge in [0.25, 0.3) is 5.91 Å². The molecule has 2 aromatic rings. The fourth-order valence-electron chi connectivity index (χ4n) is 2.96. The molecule has 0 bridgehead atoms. The van der Waals surface area contributed by atoms with Crippen molar-refractivity contribution >= 4 is 23.6 Å². The molecule has 0 spiro atoms. The molecule has 0 atom stereocenters. The minimum Gasteiger partial charge on any atom is -0.455 e. The van der Waals surface area contributed by atoms with E-state index in [0.717, 1.165) is 5.69 Å². The average Bonchev–Trinajstić information content (AvgIpc) is 3.32. The van der Waals surface area contributed by atoms with Gasteiger partial charge in [0.05, 0.1) is 0 Å². The molecule has 2 rings (SSSR count). The Bertz CT molecular complexity index is 1090. The molecule has 0 unspecified atom stereocenters. The second-order valence-corrected chi connectivity index (χ2v) is 10.0. The van der Waals surface area contributed by atoms with E-state index in [1.807, 2.05) is 53.1 Å². The Balaban J connectivity index is 2.51. The summed E-state index contributed by atoms with van der Waals surface area (Å²) in [4.78, 5) is 32.5. The van der Waals surface area contributed by atoms with Crippen molar-refractivity contribution in [3.05, 3.63) is 60.1 Å². The number of ether oxygens (including phenoxy) is 1. The van der Waals surface area contributed by atoms with E-state index in [1.165, 1.54) is 0 Å². The predicted molar refractivity (Wildman–Crippen MR) is 135 cm³/mol. The van der Waals surface area contributed by atoms with Crippen LogP contribution in [-0.4, -0.2) is 51.3 Å². The van der Waals surface area contributed by atoms with Gasteiger partial charge < -0.3 is 15.0 Å². The minimum atomic E-state index is -0.724. The highest BCUT2D eigenvalue weighted by Crippen LogP contribution is 2.27. The van der Waals surface area contributed by atoms with Crippen LogP contribution in [0.4, 0.5) is 11.8 Å². The van der Waals surface area contributed by atoms with Crippen molar-refractivity contribution in [2.45, 2.75) is 59.1 Å². The van der Waals surface area contributed by atoms with Crippen molar-refractivity contribution in [3.8, 4) is 0 Å². The van der Waals surface area contributed by atoms with Crippen molar-refractivity contribution in [1.29, 1.82) is 0 Å². The second-order valence-electron chi connectivity index (χ2n) is 10.0. The predicted octanol–water partition coefficient (Wildman–Crippen LogP) is 4.48. The molecule has 0 fully saturated rings. The summed E-state index contributed by atoms with van der Waals surface area (Å²) in [5.41, 5.74) is 0.255. The standard InChI is InChI=1S/C25H36N6O3/c1-10-11-12-13-14-15-31-19(22(33)34-25(5,6)7)20(27-23(31)30(8)9)26-21(32)17-16-18(29-28-17)24(2,3)4/h10-14,16H,1,15H2,2-9H3,(H,26,32)(H,28,29)/b12-11-,14-13-. The maximum Gasteiger partial charge on any atom is 0.359 e. The number of carbonyl (C=O) groups excluding carboxylic acids is 2. The van der Waals surface area contributed by atoms with Crippen LogP contribution in [0, 0.1) is 0 Å². The smallest absolute Gasteiger partial charge is 0.359 e. The highest BCUT2D eigenvalue weighted by atomic mass is 16.6. The number of esters is 1. The topological polar surface area (TPSA) is 105 Å². The molecule has 2 N–H and O–H groups in total. The number of nitrogens with zero attached hydrogens (tertiary/aromatic N) is 4. The lowest BCUT2D eigenvalue weighted by molar-refractivity contribution is 0.00597. The highest BCUT2D eigenvalue weighted by molar-refractivity contribution is 6.06. The van der Waals surface area contributed by atoms with E-state index in [4.69, 9.17) is 4.74 Å². The lowest BCUT2D eigenvalue weighted by atomic mass is 9.92. The van der Waals surface area contributed by atoms with Crippen molar-refractivity contribution < 1.29 is 14.3 Å². The number of imidazole rings is 1. The first kappa shape index (κ1) is 26.6. The number of nitrogens with one attached hydrogen (secondary N) is 2. The summed E-state index contributed by atoms with van der Waals surface area (Å²) >= 11 is 0. The zero-order valence-corrected chi connectivity index (χ0v) is 21.4. The third-order valence-corrected chi connectivity index (χ3v) is 4.57. The van der Waals surface area contributed by atoms with E-state index in [-0.39, 0.29) is 22.6 Å². The molecule has 184 valence electrons. The largest absolute Gasteiger partial charge is 0.455 e. The molecule has 0 saturated carbocycles. The lowest BCUT2D eigenvalue weighted by Crippen LogP contribution is -2.27. The first-order valence-electron chi connectivity index (χ1n) is 11.1. The number of aromatic amines is 1. The van der Waals surface area contributed by atoms with Gasteiger partial charge in [-0.25, -0.2) is 4.79 Å². The molecule has 0 aliphatic heterocycles. The third-order valence-electron chi connectivity index (χ3n) is 4.57. The van der Waals surface area contributed by atoms with Gasteiger partial charge in [-0.15, -0.1) is 0 Å². The zero-order valence-electron chi connectivity index (χ0n) is 21.4. The van der Waals surface area contributed by atoms with Gasteiger partial charge in [-0.3, -0.25) is 14.5 Å². The highest BCUT2D eigenvalue weighted by Gasteiger charge is 2.30. The van der Waals surface area contributed by atoms with Crippen LogP contribution in [-0.2, 0) is 16.7 Å². The van der Waals surface area contributed by atoms with E-state index in [2.05, 4.69) is 27.1 Å². The van der Waals surface area contributed by atoms with Gasteiger partial charge in [0.15, 0.2) is 17.2 Å². The number of rotatable bonds is 8. The number of amides is 1. The molecule has 0 saturated heterocycles. The fourth-order valence-corrected chi connectivity index (χ4v) is 2.96. The summed E-state index contributed by atoms with van der Waals surface area (Å²) in [6.07, 6.45) is 9.02. The third kappa shape index (κ3) is 6.94. The summed E-state index contributed by atoms with van der Waals surface area (Å²) in [7, 11) is 3.63.